The van der Waals surface area contributed by atoms with E-state index in [-0.39, 0.29) is 11.9 Å². The van der Waals surface area contributed by atoms with Crippen molar-refractivity contribution < 1.29 is 32.7 Å². The van der Waals surface area contributed by atoms with Crippen molar-refractivity contribution in [2.45, 2.75) is 28.8 Å². The molecule has 25 heavy (non-hydrogen) atoms. The highest BCUT2D eigenvalue weighted by atomic mass is 32.2. The second kappa shape index (κ2) is 5.07. The Morgan fingerprint density at radius 2 is 2.04 bits per heavy atom. The van der Waals surface area contributed by atoms with E-state index in [2.05, 4.69) is 20.0 Å². The smallest absolute Gasteiger partial charge is 0.404 e. The number of carbonyl (C=O) groups excluding carboxylic acids is 1. The SMILES string of the molecule is NC(=O)OC[C@@H]1N=C(N)N2C[C@@H](S(=O)(=O)O)C(O)(O)[C@@]23NC(N)=N[C@@H]13. The first-order chi connectivity index (χ1) is 11.4. The number of guanidine groups is 2. The Bertz CT molecular complexity index is 780. The van der Waals surface area contributed by atoms with Crippen molar-refractivity contribution in [1.29, 1.82) is 0 Å². The van der Waals surface area contributed by atoms with Gasteiger partial charge in [-0.25, -0.2) is 14.8 Å². The number of aliphatic hydroxyl groups is 2. The van der Waals surface area contributed by atoms with E-state index in [4.69, 9.17) is 17.2 Å². The molecule has 4 atom stereocenters. The van der Waals surface area contributed by atoms with E-state index in [9.17, 15) is 28.0 Å². The van der Waals surface area contributed by atoms with E-state index in [0.29, 0.717) is 0 Å². The quantitative estimate of drug-likeness (QED) is 0.181. The van der Waals surface area contributed by atoms with Crippen LogP contribution in [-0.4, -0.2) is 88.0 Å². The van der Waals surface area contributed by atoms with Crippen molar-refractivity contribution in [2.24, 2.45) is 27.2 Å². The average Bonchev–Trinajstić information content (AvgIpc) is 2.91. The van der Waals surface area contributed by atoms with Gasteiger partial charge in [0.2, 0.25) is 5.79 Å². The molecule has 0 radical (unpaired) electrons. The van der Waals surface area contributed by atoms with Crippen molar-refractivity contribution >= 4 is 28.1 Å². The fraction of sp³-hybridized carbons (Fsp3) is 0.700. The predicted octanol–water partition coefficient (Wildman–Crippen LogP) is -4.99. The van der Waals surface area contributed by atoms with Gasteiger partial charge in [0.15, 0.2) is 22.8 Å². The molecule has 0 saturated carbocycles. The normalized spacial score (nSPS) is 36.0. The van der Waals surface area contributed by atoms with Crippen molar-refractivity contribution in [3.63, 3.8) is 0 Å². The number of ether oxygens (including phenoxy) is 1. The molecule has 3 rings (SSSR count). The second-order valence-corrected chi connectivity index (χ2v) is 7.47. The summed E-state index contributed by atoms with van der Waals surface area (Å²) in [4.78, 5) is 19.9. The number of rotatable bonds is 3. The Labute approximate surface area is 141 Å². The maximum atomic E-state index is 11.6. The van der Waals surface area contributed by atoms with E-state index in [1.165, 1.54) is 0 Å². The molecule has 1 spiro atoms. The third-order valence-electron chi connectivity index (χ3n) is 4.50. The van der Waals surface area contributed by atoms with Crippen molar-refractivity contribution in [3.8, 4) is 0 Å². The van der Waals surface area contributed by atoms with Gasteiger partial charge in [-0.15, -0.1) is 0 Å². The topological polar surface area (TPSA) is 239 Å². The molecule has 3 aliphatic rings. The first-order valence-corrected chi connectivity index (χ1v) is 8.47. The molecule has 0 unspecified atom stereocenters. The molecule has 0 bridgehead atoms. The summed E-state index contributed by atoms with van der Waals surface area (Å²) in [5.74, 6) is -3.58. The molecule has 0 aromatic heterocycles. The molecular weight excluding hydrogens is 362 g/mol. The van der Waals surface area contributed by atoms with E-state index in [1.54, 1.807) is 0 Å². The minimum Gasteiger partial charge on any atom is -0.447 e. The van der Waals surface area contributed by atoms with Crippen LogP contribution >= 0.6 is 0 Å². The number of primary amides is 1. The van der Waals surface area contributed by atoms with Gasteiger partial charge >= 0.3 is 6.09 Å². The summed E-state index contributed by atoms with van der Waals surface area (Å²) in [5.41, 5.74) is 14.3. The molecule has 140 valence electrons. The molecule has 10 N–H and O–H groups in total. The largest absolute Gasteiger partial charge is 0.447 e. The zero-order chi connectivity index (χ0) is 18.8. The van der Waals surface area contributed by atoms with Gasteiger partial charge in [0.05, 0.1) is 0 Å². The lowest BCUT2D eigenvalue weighted by atomic mass is 9.86. The van der Waals surface area contributed by atoms with Crippen LogP contribution in [0, 0.1) is 0 Å². The summed E-state index contributed by atoms with van der Waals surface area (Å²) in [6.07, 6.45) is -1.10. The van der Waals surface area contributed by atoms with Crippen LogP contribution in [0.15, 0.2) is 9.98 Å². The van der Waals surface area contributed by atoms with Crippen molar-refractivity contribution in [2.75, 3.05) is 13.2 Å². The van der Waals surface area contributed by atoms with Gasteiger partial charge in [-0.1, -0.05) is 0 Å². The van der Waals surface area contributed by atoms with Crippen LogP contribution in [0.5, 0.6) is 0 Å². The summed E-state index contributed by atoms with van der Waals surface area (Å²) in [6.45, 7) is -1.00. The zero-order valence-electron chi connectivity index (χ0n) is 12.6. The molecule has 1 saturated heterocycles. The summed E-state index contributed by atoms with van der Waals surface area (Å²) < 4.78 is 37.3. The number of amides is 1. The molecule has 3 aliphatic heterocycles. The maximum absolute atomic E-state index is 11.6. The minimum absolute atomic E-state index is 0.243. The first-order valence-electron chi connectivity index (χ1n) is 6.97. The number of hydrogen-bond donors (Lipinski definition) is 7. The highest BCUT2D eigenvalue weighted by Gasteiger charge is 2.75. The van der Waals surface area contributed by atoms with Crippen LogP contribution in [0.25, 0.3) is 0 Å². The number of nitrogens with one attached hydrogen (secondary N) is 1. The minimum atomic E-state index is -4.89. The highest BCUT2D eigenvalue weighted by molar-refractivity contribution is 7.86. The van der Waals surface area contributed by atoms with E-state index in [1.807, 2.05) is 0 Å². The molecular formula is C10H17N7O7S. The van der Waals surface area contributed by atoms with Crippen molar-refractivity contribution in [1.82, 2.24) is 10.2 Å². The van der Waals surface area contributed by atoms with Gasteiger partial charge < -0.3 is 42.4 Å². The van der Waals surface area contributed by atoms with Crippen LogP contribution < -0.4 is 22.5 Å². The molecule has 14 nitrogen and oxygen atoms in total. The predicted molar refractivity (Wildman–Crippen MR) is 81.4 cm³/mol. The van der Waals surface area contributed by atoms with E-state index >= 15 is 0 Å². The van der Waals surface area contributed by atoms with Gasteiger partial charge in [0.25, 0.3) is 10.1 Å². The standard InChI is InChI=1S/C10H17N7O7S/c11-6-15-5-3(2-24-8(13)18)14-7(12)17-1-4(25(21,22)23)10(19,20)9(5,17)16-6/h3-5,19-20H,1-2H2,(H2,12,14)(H2,13,18)(H3,11,15,16)(H,21,22,23)/t3-,4+,5-,9-/m0/s1. The number of hydrogen-bond acceptors (Lipinski definition) is 12. The maximum Gasteiger partial charge on any atom is 0.404 e. The average molecular weight is 379 g/mol. The Balaban J connectivity index is 2.10. The zero-order valence-corrected chi connectivity index (χ0v) is 13.4. The van der Waals surface area contributed by atoms with Crippen LogP contribution in [0.1, 0.15) is 0 Å². The van der Waals surface area contributed by atoms with E-state index < -0.39 is 58.1 Å². The Kier molecular flexibility index (Phi) is 3.54. The Morgan fingerprint density at radius 1 is 1.40 bits per heavy atom. The van der Waals surface area contributed by atoms with Gasteiger partial charge in [-0.2, -0.15) is 8.42 Å². The fourth-order valence-corrected chi connectivity index (χ4v) is 4.44. The third kappa shape index (κ3) is 2.27. The Hall–Kier alpha value is -2.36. The monoisotopic (exact) mass is 379 g/mol. The fourth-order valence-electron chi connectivity index (χ4n) is 3.51. The highest BCUT2D eigenvalue weighted by Crippen LogP contribution is 2.46. The number of nitrogens with two attached hydrogens (primary N) is 3. The summed E-state index contributed by atoms with van der Waals surface area (Å²) in [5, 5.41) is 21.7. The number of aliphatic imine (C=N–C) groups is 2. The van der Waals surface area contributed by atoms with Gasteiger partial charge in [-0.3, -0.25) is 4.55 Å². The molecule has 15 heteroatoms. The summed E-state index contributed by atoms with van der Waals surface area (Å²) in [6, 6.07) is -2.22. The lowest BCUT2D eigenvalue weighted by Crippen LogP contribution is -2.77. The lowest BCUT2D eigenvalue weighted by molar-refractivity contribution is -0.219. The molecule has 1 amide bonds. The van der Waals surface area contributed by atoms with Gasteiger partial charge in [0, 0.05) is 6.54 Å². The second-order valence-electron chi connectivity index (χ2n) is 5.88. The summed E-state index contributed by atoms with van der Waals surface area (Å²) in [7, 11) is -4.89. The van der Waals surface area contributed by atoms with Gasteiger partial charge in [-0.05, 0) is 0 Å². The van der Waals surface area contributed by atoms with Crippen LogP contribution in [0.2, 0.25) is 0 Å². The molecule has 0 aromatic carbocycles. The molecule has 0 aromatic rings. The van der Waals surface area contributed by atoms with Gasteiger partial charge in [0.1, 0.15) is 18.7 Å². The van der Waals surface area contributed by atoms with Crippen LogP contribution in [0.4, 0.5) is 4.79 Å². The molecule has 0 aliphatic carbocycles. The van der Waals surface area contributed by atoms with E-state index in [0.717, 1.165) is 4.90 Å². The van der Waals surface area contributed by atoms with Crippen LogP contribution in [-0.2, 0) is 14.9 Å². The van der Waals surface area contributed by atoms with Crippen molar-refractivity contribution in [3.05, 3.63) is 0 Å². The molecule has 3 heterocycles. The summed E-state index contributed by atoms with van der Waals surface area (Å²) >= 11 is 0. The number of nitrogens with zero attached hydrogens (tertiary/aromatic N) is 3. The first kappa shape index (κ1) is 17.5. The molecule has 1 fully saturated rings. The van der Waals surface area contributed by atoms with Crippen LogP contribution in [0.3, 0.4) is 0 Å². The number of carbonyl (C=O) groups is 1. The third-order valence-corrected chi connectivity index (χ3v) is 5.70. The Morgan fingerprint density at radius 3 is 2.60 bits per heavy atom. The lowest BCUT2D eigenvalue weighted by Gasteiger charge is -2.48.